The maximum atomic E-state index is 12.7. The van der Waals surface area contributed by atoms with E-state index in [-0.39, 0.29) is 31.1 Å². The fourth-order valence-corrected chi connectivity index (χ4v) is 2.86. The van der Waals surface area contributed by atoms with Gasteiger partial charge in [0.2, 0.25) is 5.78 Å². The molecule has 1 aliphatic heterocycles. The Morgan fingerprint density at radius 2 is 1.87 bits per heavy atom. The lowest BCUT2D eigenvalue weighted by Crippen LogP contribution is -2.30. The zero-order chi connectivity index (χ0) is 22.4. The molecule has 0 atom stereocenters. The second kappa shape index (κ2) is 9.66. The van der Waals surface area contributed by atoms with Gasteiger partial charge in [0, 0.05) is 18.2 Å². The summed E-state index contributed by atoms with van der Waals surface area (Å²) in [6.07, 6.45) is 1.40. The number of Topliss-reactive ketones (excluding diaryl/α,β-unsaturated/α-hetero) is 1. The van der Waals surface area contributed by atoms with E-state index in [9.17, 15) is 14.4 Å². The van der Waals surface area contributed by atoms with Gasteiger partial charge in [0.15, 0.2) is 12.4 Å². The minimum Gasteiger partial charge on any atom is -0.497 e. The van der Waals surface area contributed by atoms with Crippen molar-refractivity contribution in [3.63, 3.8) is 0 Å². The number of methoxy groups -OCH3 is 2. The molecule has 9 nitrogen and oxygen atoms in total. The molecule has 0 aromatic heterocycles. The lowest BCUT2D eigenvalue weighted by Gasteiger charge is -2.08. The lowest BCUT2D eigenvalue weighted by molar-refractivity contribution is -0.137. The number of hydrogen-bond acceptors (Lipinski definition) is 7. The number of nitrogens with one attached hydrogen (secondary N) is 1. The van der Waals surface area contributed by atoms with Crippen LogP contribution < -0.4 is 24.3 Å². The number of amides is 1. The minimum absolute atomic E-state index is 0.0151. The number of carboxylic acid groups (broad SMARTS) is 1. The number of allylic oxidation sites excluding steroid dienone is 1. The maximum absolute atomic E-state index is 12.7. The van der Waals surface area contributed by atoms with Crippen LogP contribution in [0.5, 0.6) is 23.0 Å². The molecular formula is C22H21NO8. The predicted octanol–water partition coefficient (Wildman–Crippen LogP) is 2.29. The monoisotopic (exact) mass is 427 g/mol. The summed E-state index contributed by atoms with van der Waals surface area (Å²) in [7, 11) is 3.07. The first kappa shape index (κ1) is 21.7. The highest BCUT2D eigenvalue weighted by atomic mass is 16.5. The van der Waals surface area contributed by atoms with Gasteiger partial charge < -0.3 is 29.4 Å². The van der Waals surface area contributed by atoms with Crippen LogP contribution in [0.3, 0.4) is 0 Å². The number of ether oxygens (including phenoxy) is 4. The predicted molar refractivity (Wildman–Crippen MR) is 110 cm³/mol. The zero-order valence-corrected chi connectivity index (χ0v) is 17.0. The first-order chi connectivity index (χ1) is 14.9. The van der Waals surface area contributed by atoms with E-state index in [1.807, 2.05) is 0 Å². The molecule has 0 spiro atoms. The molecule has 1 amide bonds. The van der Waals surface area contributed by atoms with Crippen molar-refractivity contribution in [3.05, 3.63) is 53.3 Å². The summed E-state index contributed by atoms with van der Waals surface area (Å²) in [6.45, 7) is -0.280. The Labute approximate surface area is 178 Å². The van der Waals surface area contributed by atoms with E-state index in [4.69, 9.17) is 24.1 Å². The van der Waals surface area contributed by atoms with E-state index in [1.54, 1.807) is 43.5 Å². The van der Waals surface area contributed by atoms with Gasteiger partial charge in [-0.1, -0.05) is 0 Å². The van der Waals surface area contributed by atoms with E-state index in [2.05, 4.69) is 5.32 Å². The lowest BCUT2D eigenvalue weighted by atomic mass is 10.1. The molecule has 0 bridgehead atoms. The standard InChI is InChI=1S/C22H21NO8/c1-28-14-4-6-17(29-2)13(9-14)10-19-22(27)16-5-3-15(11-18(16)31-19)30-12-20(24)23-8-7-21(25)26/h3-6,9-11H,7-8,12H2,1-2H3,(H,23,24)(H,25,26)/b19-10+. The molecule has 2 aromatic rings. The minimum atomic E-state index is -1.00. The van der Waals surface area contributed by atoms with E-state index in [0.717, 1.165) is 0 Å². The van der Waals surface area contributed by atoms with Crippen molar-refractivity contribution in [2.45, 2.75) is 6.42 Å². The van der Waals surface area contributed by atoms with Crippen LogP contribution in [0.15, 0.2) is 42.2 Å². The number of fused-ring (bicyclic) bond motifs is 1. The second-order valence-corrected chi connectivity index (χ2v) is 6.49. The van der Waals surface area contributed by atoms with E-state index < -0.39 is 11.9 Å². The molecule has 9 heteroatoms. The topological polar surface area (TPSA) is 120 Å². The zero-order valence-electron chi connectivity index (χ0n) is 17.0. The molecular weight excluding hydrogens is 406 g/mol. The normalized spacial score (nSPS) is 13.4. The van der Waals surface area contributed by atoms with Gasteiger partial charge in [0.05, 0.1) is 26.2 Å². The van der Waals surface area contributed by atoms with Crippen molar-refractivity contribution >= 4 is 23.7 Å². The fourth-order valence-electron chi connectivity index (χ4n) is 2.86. The van der Waals surface area contributed by atoms with Crippen molar-refractivity contribution in [2.24, 2.45) is 0 Å². The third kappa shape index (κ3) is 5.33. The van der Waals surface area contributed by atoms with Gasteiger partial charge in [0.1, 0.15) is 23.0 Å². The van der Waals surface area contributed by atoms with E-state index in [0.29, 0.717) is 34.1 Å². The van der Waals surface area contributed by atoms with Crippen LogP contribution in [0.2, 0.25) is 0 Å². The van der Waals surface area contributed by atoms with Gasteiger partial charge in [0.25, 0.3) is 5.91 Å². The summed E-state index contributed by atoms with van der Waals surface area (Å²) in [5.41, 5.74) is 0.985. The van der Waals surface area contributed by atoms with Crippen LogP contribution in [0, 0.1) is 0 Å². The van der Waals surface area contributed by atoms with Gasteiger partial charge >= 0.3 is 5.97 Å². The van der Waals surface area contributed by atoms with Crippen molar-refractivity contribution < 1.29 is 38.4 Å². The molecule has 0 unspecified atom stereocenters. The van der Waals surface area contributed by atoms with Crippen LogP contribution in [0.4, 0.5) is 0 Å². The highest BCUT2D eigenvalue weighted by Crippen LogP contribution is 2.36. The van der Waals surface area contributed by atoms with Crippen LogP contribution >= 0.6 is 0 Å². The summed E-state index contributed by atoms with van der Waals surface area (Å²) in [5, 5.41) is 11.0. The van der Waals surface area contributed by atoms with Gasteiger partial charge in [-0.2, -0.15) is 0 Å². The number of carbonyl (C=O) groups is 3. The van der Waals surface area contributed by atoms with Crippen LogP contribution in [-0.2, 0) is 9.59 Å². The summed E-state index contributed by atoms with van der Waals surface area (Å²) in [5.74, 6) is 0.165. The molecule has 2 aromatic carbocycles. The third-order valence-electron chi connectivity index (χ3n) is 4.40. The number of ketones is 1. The van der Waals surface area contributed by atoms with Crippen LogP contribution in [0.25, 0.3) is 6.08 Å². The van der Waals surface area contributed by atoms with Crippen molar-refractivity contribution in [1.29, 1.82) is 0 Å². The number of carboxylic acids is 1. The van der Waals surface area contributed by atoms with E-state index in [1.165, 1.54) is 13.2 Å². The molecule has 31 heavy (non-hydrogen) atoms. The smallest absolute Gasteiger partial charge is 0.305 e. The summed E-state index contributed by atoms with van der Waals surface area (Å²) >= 11 is 0. The molecule has 3 rings (SSSR count). The van der Waals surface area contributed by atoms with Crippen molar-refractivity contribution in [3.8, 4) is 23.0 Å². The van der Waals surface area contributed by atoms with Crippen LogP contribution in [0.1, 0.15) is 22.3 Å². The van der Waals surface area contributed by atoms with Gasteiger partial charge in [-0.25, -0.2) is 0 Å². The number of hydrogen-bond donors (Lipinski definition) is 2. The molecule has 0 aliphatic carbocycles. The number of carbonyl (C=O) groups excluding carboxylic acids is 2. The fraction of sp³-hybridized carbons (Fsp3) is 0.227. The third-order valence-corrected chi connectivity index (χ3v) is 4.40. The van der Waals surface area contributed by atoms with E-state index >= 15 is 0 Å². The Kier molecular flexibility index (Phi) is 6.76. The highest BCUT2D eigenvalue weighted by Gasteiger charge is 2.28. The molecule has 1 aliphatic rings. The number of rotatable bonds is 9. The molecule has 0 fully saturated rings. The summed E-state index contributed by atoms with van der Waals surface area (Å²) in [6, 6.07) is 9.82. The van der Waals surface area contributed by atoms with Gasteiger partial charge in [-0.15, -0.1) is 0 Å². The SMILES string of the molecule is COc1ccc(OC)c(/C=C2/Oc3cc(OCC(=O)NCCC(=O)O)ccc3C2=O)c1. The van der Waals surface area contributed by atoms with Crippen molar-refractivity contribution in [2.75, 3.05) is 27.4 Å². The average Bonchev–Trinajstić information content (AvgIpc) is 3.06. The van der Waals surface area contributed by atoms with Crippen molar-refractivity contribution in [1.82, 2.24) is 5.32 Å². The molecule has 0 saturated carbocycles. The Bertz CT molecular complexity index is 1040. The van der Waals surface area contributed by atoms with Gasteiger partial charge in [-0.05, 0) is 36.4 Å². The Morgan fingerprint density at radius 3 is 2.58 bits per heavy atom. The summed E-state index contributed by atoms with van der Waals surface area (Å²) < 4.78 is 21.6. The number of aliphatic carboxylic acids is 1. The Balaban J connectivity index is 1.70. The Hall–Kier alpha value is -4.01. The molecule has 0 radical (unpaired) electrons. The largest absolute Gasteiger partial charge is 0.497 e. The first-order valence-corrected chi connectivity index (χ1v) is 9.33. The molecule has 1 heterocycles. The number of benzene rings is 2. The molecule has 2 N–H and O–H groups in total. The van der Waals surface area contributed by atoms with Gasteiger partial charge in [-0.3, -0.25) is 14.4 Å². The van der Waals surface area contributed by atoms with Crippen LogP contribution in [-0.4, -0.2) is 50.1 Å². The highest BCUT2D eigenvalue weighted by molar-refractivity contribution is 6.14. The summed E-state index contributed by atoms with van der Waals surface area (Å²) in [4.78, 5) is 34.9. The molecule has 162 valence electrons. The maximum Gasteiger partial charge on any atom is 0.305 e. The second-order valence-electron chi connectivity index (χ2n) is 6.49. The average molecular weight is 427 g/mol. The quantitative estimate of drug-likeness (QED) is 0.585. The first-order valence-electron chi connectivity index (χ1n) is 9.33. The Morgan fingerprint density at radius 1 is 1.10 bits per heavy atom. The molecule has 0 saturated heterocycles.